The van der Waals surface area contributed by atoms with Gasteiger partial charge in [0.05, 0.1) is 5.25 Å². The molecule has 0 aromatic heterocycles. The van der Waals surface area contributed by atoms with Crippen LogP contribution in [-0.4, -0.2) is 24.0 Å². The summed E-state index contributed by atoms with van der Waals surface area (Å²) in [6.45, 7) is 0.250. The van der Waals surface area contributed by atoms with Gasteiger partial charge in [-0.15, -0.1) is 0 Å². The molecule has 3 nitrogen and oxygen atoms in total. The molecule has 1 atom stereocenters. The summed E-state index contributed by atoms with van der Waals surface area (Å²) in [5.74, 6) is -0.188. The fraction of sp³-hybridized carbons (Fsp3) is 0.200. The van der Waals surface area contributed by atoms with Crippen LogP contribution in [-0.2, 0) is 4.79 Å². The minimum absolute atomic E-state index is 0.188. The zero-order valence-corrected chi connectivity index (χ0v) is 8.41. The third kappa shape index (κ3) is 3.22. The number of nitrogens with one attached hydrogen (secondary N) is 1. The Balaban J connectivity index is 2.47. The number of benzene rings is 1. The van der Waals surface area contributed by atoms with Crippen LogP contribution in [0, 0.1) is 0 Å². The van der Waals surface area contributed by atoms with Gasteiger partial charge in [0.15, 0.2) is 0 Å². The summed E-state index contributed by atoms with van der Waals surface area (Å²) in [6, 6.07) is 8.83. The normalized spacial score (nSPS) is 11.8. The van der Waals surface area contributed by atoms with Crippen LogP contribution in [0.1, 0.15) is 10.4 Å². The Bertz CT molecular complexity index is 313. The molecular weight excluding hydrogens is 198 g/mol. The number of rotatable bonds is 4. The summed E-state index contributed by atoms with van der Waals surface area (Å²) in [6.07, 6.45) is 0.689. The maximum Gasteiger partial charge on any atom is 0.251 e. The topological polar surface area (TPSA) is 46.2 Å². The van der Waals surface area contributed by atoms with Gasteiger partial charge in [-0.1, -0.05) is 18.2 Å². The van der Waals surface area contributed by atoms with E-state index in [4.69, 9.17) is 0 Å². The second kappa shape index (κ2) is 5.44. The van der Waals surface area contributed by atoms with Crippen molar-refractivity contribution in [3.8, 4) is 0 Å². The van der Waals surface area contributed by atoms with Crippen molar-refractivity contribution in [1.82, 2.24) is 5.32 Å². The highest BCUT2D eigenvalue weighted by molar-refractivity contribution is 7.81. The first kappa shape index (κ1) is 10.8. The molecule has 74 valence electrons. The van der Waals surface area contributed by atoms with E-state index >= 15 is 0 Å². The first-order valence-corrected chi connectivity index (χ1v) is 4.72. The summed E-state index contributed by atoms with van der Waals surface area (Å²) < 4.78 is 0. The highest BCUT2D eigenvalue weighted by atomic mass is 32.1. The fourth-order valence-corrected chi connectivity index (χ4v) is 1.03. The lowest BCUT2D eigenvalue weighted by molar-refractivity contribution is -0.107. The van der Waals surface area contributed by atoms with Crippen LogP contribution < -0.4 is 5.32 Å². The molecule has 1 unspecified atom stereocenters. The van der Waals surface area contributed by atoms with E-state index < -0.39 is 5.25 Å². The van der Waals surface area contributed by atoms with Crippen molar-refractivity contribution in [2.24, 2.45) is 0 Å². The van der Waals surface area contributed by atoms with E-state index in [1.165, 1.54) is 0 Å². The van der Waals surface area contributed by atoms with Gasteiger partial charge >= 0.3 is 0 Å². The Morgan fingerprint density at radius 3 is 2.64 bits per heavy atom. The average Bonchev–Trinajstić information content (AvgIpc) is 2.26. The van der Waals surface area contributed by atoms with Gasteiger partial charge in [0.1, 0.15) is 6.29 Å². The molecule has 1 amide bonds. The lowest BCUT2D eigenvalue weighted by atomic mass is 10.2. The Hall–Kier alpha value is -1.29. The molecule has 0 aliphatic heterocycles. The van der Waals surface area contributed by atoms with Crippen molar-refractivity contribution in [3.05, 3.63) is 35.9 Å². The molecular formula is C10H11NO2S. The molecule has 0 aliphatic carbocycles. The molecule has 0 aliphatic rings. The highest BCUT2D eigenvalue weighted by Crippen LogP contribution is 1.98. The number of aldehydes is 1. The van der Waals surface area contributed by atoms with Crippen LogP contribution in [0.4, 0.5) is 0 Å². The summed E-state index contributed by atoms with van der Waals surface area (Å²) in [5.41, 5.74) is 0.582. The third-order valence-electron chi connectivity index (χ3n) is 1.66. The van der Waals surface area contributed by atoms with E-state index in [-0.39, 0.29) is 12.5 Å². The molecule has 14 heavy (non-hydrogen) atoms. The number of carbonyl (C=O) groups is 2. The molecule has 0 saturated carbocycles. The van der Waals surface area contributed by atoms with Gasteiger partial charge in [-0.3, -0.25) is 4.79 Å². The van der Waals surface area contributed by atoms with Gasteiger partial charge in [-0.2, -0.15) is 12.6 Å². The molecule has 4 heteroatoms. The van der Waals surface area contributed by atoms with Crippen molar-refractivity contribution < 1.29 is 9.59 Å². The van der Waals surface area contributed by atoms with E-state index in [1.807, 2.05) is 6.07 Å². The zero-order valence-electron chi connectivity index (χ0n) is 7.51. The minimum atomic E-state index is -0.442. The quantitative estimate of drug-likeness (QED) is 0.572. The first-order valence-electron chi connectivity index (χ1n) is 4.20. The Labute approximate surface area is 87.9 Å². The standard InChI is InChI=1S/C10H11NO2S/c12-7-9(14)6-11-10(13)8-4-2-1-3-5-8/h1-5,7,9,14H,6H2,(H,11,13). The Kier molecular flexibility index (Phi) is 4.19. The molecule has 0 spiro atoms. The number of thiol groups is 1. The molecule has 0 fully saturated rings. The van der Waals surface area contributed by atoms with E-state index in [0.29, 0.717) is 11.8 Å². The van der Waals surface area contributed by atoms with Gasteiger partial charge in [0, 0.05) is 12.1 Å². The van der Waals surface area contributed by atoms with Crippen molar-refractivity contribution >= 4 is 24.8 Å². The monoisotopic (exact) mass is 209 g/mol. The highest BCUT2D eigenvalue weighted by Gasteiger charge is 2.06. The van der Waals surface area contributed by atoms with E-state index in [9.17, 15) is 9.59 Å². The molecule has 0 bridgehead atoms. The second-order valence-electron chi connectivity index (χ2n) is 2.78. The van der Waals surface area contributed by atoms with E-state index in [0.717, 1.165) is 0 Å². The molecule has 1 aromatic rings. The van der Waals surface area contributed by atoms with Gasteiger partial charge in [0.2, 0.25) is 0 Å². The van der Waals surface area contributed by atoms with Gasteiger partial charge in [-0.05, 0) is 12.1 Å². The van der Waals surface area contributed by atoms with E-state index in [2.05, 4.69) is 17.9 Å². The van der Waals surface area contributed by atoms with Crippen LogP contribution >= 0.6 is 12.6 Å². The van der Waals surface area contributed by atoms with Crippen LogP contribution in [0.3, 0.4) is 0 Å². The number of hydrogen-bond donors (Lipinski definition) is 2. The van der Waals surface area contributed by atoms with E-state index in [1.54, 1.807) is 24.3 Å². The van der Waals surface area contributed by atoms with Crippen LogP contribution in [0.15, 0.2) is 30.3 Å². The number of hydrogen-bond acceptors (Lipinski definition) is 3. The molecule has 1 rings (SSSR count). The maximum atomic E-state index is 11.4. The maximum absolute atomic E-state index is 11.4. The molecule has 0 radical (unpaired) electrons. The molecule has 0 heterocycles. The van der Waals surface area contributed by atoms with Crippen molar-refractivity contribution in [2.75, 3.05) is 6.54 Å². The minimum Gasteiger partial charge on any atom is -0.350 e. The van der Waals surface area contributed by atoms with Crippen LogP contribution in [0.2, 0.25) is 0 Å². The van der Waals surface area contributed by atoms with Gasteiger partial charge in [-0.25, -0.2) is 0 Å². The Morgan fingerprint density at radius 2 is 2.07 bits per heavy atom. The predicted octanol–water partition coefficient (Wildman–Crippen LogP) is 0.914. The largest absolute Gasteiger partial charge is 0.350 e. The molecule has 0 saturated heterocycles. The zero-order chi connectivity index (χ0) is 10.4. The summed E-state index contributed by atoms with van der Waals surface area (Å²) >= 11 is 3.93. The molecule has 1 N–H and O–H groups in total. The predicted molar refractivity (Wildman–Crippen MR) is 57.6 cm³/mol. The summed E-state index contributed by atoms with van der Waals surface area (Å²) in [7, 11) is 0. The summed E-state index contributed by atoms with van der Waals surface area (Å²) in [4.78, 5) is 21.6. The number of amides is 1. The second-order valence-corrected chi connectivity index (χ2v) is 3.44. The van der Waals surface area contributed by atoms with Crippen LogP contribution in [0.25, 0.3) is 0 Å². The number of carbonyl (C=O) groups excluding carboxylic acids is 2. The Morgan fingerprint density at radius 1 is 1.43 bits per heavy atom. The van der Waals surface area contributed by atoms with Crippen LogP contribution in [0.5, 0.6) is 0 Å². The smallest absolute Gasteiger partial charge is 0.251 e. The lowest BCUT2D eigenvalue weighted by Gasteiger charge is -2.05. The summed E-state index contributed by atoms with van der Waals surface area (Å²) in [5, 5.41) is 2.16. The molecule has 1 aromatic carbocycles. The van der Waals surface area contributed by atoms with Crippen molar-refractivity contribution in [1.29, 1.82) is 0 Å². The van der Waals surface area contributed by atoms with Gasteiger partial charge in [0.25, 0.3) is 5.91 Å². The lowest BCUT2D eigenvalue weighted by Crippen LogP contribution is -2.30. The first-order chi connectivity index (χ1) is 6.74. The SMILES string of the molecule is O=CC(S)CNC(=O)c1ccccc1. The fourth-order valence-electron chi connectivity index (χ4n) is 0.937. The van der Waals surface area contributed by atoms with Crippen molar-refractivity contribution in [3.63, 3.8) is 0 Å². The van der Waals surface area contributed by atoms with Gasteiger partial charge < -0.3 is 10.1 Å². The average molecular weight is 209 g/mol. The van der Waals surface area contributed by atoms with Crippen molar-refractivity contribution in [2.45, 2.75) is 5.25 Å². The third-order valence-corrected chi connectivity index (χ3v) is 1.97.